The van der Waals surface area contributed by atoms with Gasteiger partial charge in [-0.25, -0.2) is 0 Å². The average Bonchev–Trinajstić information content (AvgIpc) is 3.20. The molecule has 1 aliphatic rings. The number of guanidine groups is 1. The highest BCUT2D eigenvalue weighted by molar-refractivity contribution is 5.79. The van der Waals surface area contributed by atoms with Gasteiger partial charge in [-0.1, -0.05) is 12.1 Å². The second-order valence-corrected chi connectivity index (χ2v) is 5.86. The quantitative estimate of drug-likeness (QED) is 0.427. The second-order valence-electron chi connectivity index (χ2n) is 5.86. The predicted molar refractivity (Wildman–Crippen MR) is 98.7 cm³/mol. The summed E-state index contributed by atoms with van der Waals surface area (Å²) in [6.07, 6.45) is 2.47. The van der Waals surface area contributed by atoms with Crippen LogP contribution < -0.4 is 20.1 Å². The zero-order chi connectivity index (χ0) is 18.0. The smallest absolute Gasteiger partial charge is 0.191 e. The molecule has 1 aromatic heterocycles. The molecule has 0 saturated carbocycles. The maximum atomic E-state index is 5.92. The number of nitrogens with one attached hydrogen (secondary N) is 2. The molecule has 0 bridgehead atoms. The van der Waals surface area contributed by atoms with Crippen LogP contribution in [-0.2, 0) is 11.3 Å². The molecule has 0 amide bonds. The molecule has 0 saturated heterocycles. The Balaban J connectivity index is 1.29. The number of rotatable bonds is 8. The molecule has 3 rings (SSSR count). The van der Waals surface area contributed by atoms with Crippen molar-refractivity contribution in [1.29, 1.82) is 0 Å². The van der Waals surface area contributed by atoms with Crippen LogP contribution in [-0.4, -0.2) is 45.4 Å². The largest absolute Gasteiger partial charge is 0.486 e. The van der Waals surface area contributed by atoms with Gasteiger partial charge in [0, 0.05) is 20.2 Å². The first kappa shape index (κ1) is 18.1. The van der Waals surface area contributed by atoms with Gasteiger partial charge in [0.2, 0.25) is 0 Å². The molecule has 0 fully saturated rings. The highest BCUT2D eigenvalue weighted by Crippen LogP contribution is 2.30. The Hall–Kier alpha value is -2.67. The van der Waals surface area contributed by atoms with Crippen molar-refractivity contribution in [2.75, 3.05) is 33.4 Å². The number of benzene rings is 1. The summed E-state index contributed by atoms with van der Waals surface area (Å²) in [5, 5.41) is 6.52. The summed E-state index contributed by atoms with van der Waals surface area (Å²) in [4.78, 5) is 4.22. The molecule has 26 heavy (non-hydrogen) atoms. The summed E-state index contributed by atoms with van der Waals surface area (Å²) in [5.74, 6) is 3.15. The minimum absolute atomic E-state index is 0.0555. The number of para-hydroxylation sites is 2. The lowest BCUT2D eigenvalue weighted by Gasteiger charge is -2.27. The molecule has 1 aliphatic heterocycles. The van der Waals surface area contributed by atoms with E-state index in [1.165, 1.54) is 0 Å². The molecule has 1 aromatic carbocycles. The van der Waals surface area contributed by atoms with Gasteiger partial charge in [0.1, 0.15) is 25.1 Å². The maximum Gasteiger partial charge on any atom is 0.191 e. The third-order valence-electron chi connectivity index (χ3n) is 3.87. The third-order valence-corrected chi connectivity index (χ3v) is 3.87. The lowest BCUT2D eigenvalue weighted by atomic mass is 10.2. The van der Waals surface area contributed by atoms with Crippen molar-refractivity contribution < 1.29 is 18.6 Å². The van der Waals surface area contributed by atoms with Gasteiger partial charge in [0.15, 0.2) is 17.5 Å². The van der Waals surface area contributed by atoms with E-state index in [-0.39, 0.29) is 6.10 Å². The molecule has 2 aromatic rings. The number of aliphatic imine (C=N–C) groups is 1. The molecule has 1 atom stereocenters. The summed E-state index contributed by atoms with van der Waals surface area (Å²) in [5.41, 5.74) is 0. The molecule has 0 radical (unpaired) electrons. The minimum atomic E-state index is -0.0555. The first-order valence-corrected chi connectivity index (χ1v) is 8.78. The van der Waals surface area contributed by atoms with Gasteiger partial charge in [-0.2, -0.15) is 0 Å². The summed E-state index contributed by atoms with van der Waals surface area (Å²) in [7, 11) is 1.75. The molecule has 7 nitrogen and oxygen atoms in total. The van der Waals surface area contributed by atoms with E-state index in [9.17, 15) is 0 Å². The van der Waals surface area contributed by atoms with E-state index in [2.05, 4.69) is 15.6 Å². The Kier molecular flexibility index (Phi) is 6.78. The highest BCUT2D eigenvalue weighted by atomic mass is 16.6. The Morgan fingerprint density at radius 3 is 2.88 bits per heavy atom. The Bertz CT molecular complexity index is 688. The van der Waals surface area contributed by atoms with Crippen LogP contribution in [0.3, 0.4) is 0 Å². The summed E-state index contributed by atoms with van der Waals surface area (Å²) < 4.78 is 22.4. The molecule has 140 valence electrons. The number of furan rings is 1. The van der Waals surface area contributed by atoms with Crippen LogP contribution in [0.15, 0.2) is 52.1 Å². The molecule has 7 heteroatoms. The molecular weight excluding hydrogens is 334 g/mol. The first-order valence-electron chi connectivity index (χ1n) is 8.78. The van der Waals surface area contributed by atoms with E-state index in [4.69, 9.17) is 18.6 Å². The van der Waals surface area contributed by atoms with Crippen LogP contribution in [0.1, 0.15) is 12.2 Å². The third kappa shape index (κ3) is 5.42. The van der Waals surface area contributed by atoms with E-state index >= 15 is 0 Å². The van der Waals surface area contributed by atoms with E-state index in [0.29, 0.717) is 26.4 Å². The zero-order valence-electron chi connectivity index (χ0n) is 14.9. The average molecular weight is 359 g/mol. The van der Waals surface area contributed by atoms with E-state index in [1.807, 2.05) is 36.4 Å². The topological polar surface area (TPSA) is 77.3 Å². The van der Waals surface area contributed by atoms with Crippen LogP contribution in [0.2, 0.25) is 0 Å². The van der Waals surface area contributed by atoms with Gasteiger partial charge >= 0.3 is 0 Å². The highest BCUT2D eigenvalue weighted by Gasteiger charge is 2.20. The number of nitrogens with zero attached hydrogens (tertiary/aromatic N) is 1. The van der Waals surface area contributed by atoms with Crippen molar-refractivity contribution in [2.45, 2.75) is 19.1 Å². The number of ether oxygens (including phenoxy) is 3. The molecule has 2 N–H and O–H groups in total. The van der Waals surface area contributed by atoms with Gasteiger partial charge in [-0.15, -0.1) is 0 Å². The zero-order valence-corrected chi connectivity index (χ0v) is 14.9. The Morgan fingerprint density at radius 1 is 1.19 bits per heavy atom. The minimum Gasteiger partial charge on any atom is -0.486 e. The maximum absolute atomic E-state index is 5.92. The monoisotopic (exact) mass is 359 g/mol. The van der Waals surface area contributed by atoms with E-state index in [0.717, 1.165) is 36.2 Å². The van der Waals surface area contributed by atoms with E-state index in [1.54, 1.807) is 13.3 Å². The fourth-order valence-electron chi connectivity index (χ4n) is 2.54. The van der Waals surface area contributed by atoms with Crippen molar-refractivity contribution in [3.8, 4) is 11.5 Å². The fourth-order valence-corrected chi connectivity index (χ4v) is 2.54. The summed E-state index contributed by atoms with van der Waals surface area (Å²) in [6.45, 7) is 3.05. The van der Waals surface area contributed by atoms with Crippen LogP contribution in [0.25, 0.3) is 0 Å². The molecule has 1 unspecified atom stereocenters. The van der Waals surface area contributed by atoms with Gasteiger partial charge in [0.25, 0.3) is 0 Å². The number of hydrogen-bond acceptors (Lipinski definition) is 5. The van der Waals surface area contributed by atoms with Gasteiger partial charge in [0.05, 0.1) is 12.8 Å². The molecule has 0 spiro atoms. The fraction of sp³-hybridized carbons (Fsp3) is 0.421. The van der Waals surface area contributed by atoms with Crippen LogP contribution in [0, 0.1) is 0 Å². The van der Waals surface area contributed by atoms with E-state index < -0.39 is 0 Å². The molecule has 0 aliphatic carbocycles. The van der Waals surface area contributed by atoms with Gasteiger partial charge in [-0.3, -0.25) is 4.99 Å². The van der Waals surface area contributed by atoms with Crippen LogP contribution >= 0.6 is 0 Å². The van der Waals surface area contributed by atoms with Gasteiger partial charge < -0.3 is 29.3 Å². The first-order chi connectivity index (χ1) is 12.8. The van der Waals surface area contributed by atoms with Crippen molar-refractivity contribution in [1.82, 2.24) is 10.6 Å². The van der Waals surface area contributed by atoms with Gasteiger partial charge in [-0.05, 0) is 30.7 Å². The van der Waals surface area contributed by atoms with Crippen LogP contribution in [0.5, 0.6) is 11.5 Å². The van der Waals surface area contributed by atoms with Crippen LogP contribution in [0.4, 0.5) is 0 Å². The Labute approximate surface area is 153 Å². The lowest BCUT2D eigenvalue weighted by Crippen LogP contribution is -2.45. The standard InChI is InChI=1S/C19H25N3O4/c1-20-19(21-9-5-10-23-13-15-6-4-11-24-15)22-12-16-14-25-17-7-2-3-8-18(17)26-16/h2-4,6-8,11,16H,5,9-10,12-14H2,1H3,(H2,20,21,22). The second kappa shape index (κ2) is 9.72. The van der Waals surface area contributed by atoms with Crippen molar-refractivity contribution in [3.05, 3.63) is 48.4 Å². The normalized spacial score (nSPS) is 16.3. The summed E-state index contributed by atoms with van der Waals surface area (Å²) in [6, 6.07) is 11.5. The predicted octanol–water partition coefficient (Wildman–Crippen LogP) is 2.19. The number of fused-ring (bicyclic) bond motifs is 1. The molecule has 2 heterocycles. The lowest BCUT2D eigenvalue weighted by molar-refractivity contribution is 0.0935. The van der Waals surface area contributed by atoms with Crippen molar-refractivity contribution in [3.63, 3.8) is 0 Å². The summed E-state index contributed by atoms with van der Waals surface area (Å²) >= 11 is 0. The van der Waals surface area contributed by atoms with Crippen molar-refractivity contribution in [2.24, 2.45) is 4.99 Å². The number of hydrogen-bond donors (Lipinski definition) is 2. The molecular formula is C19H25N3O4. The SMILES string of the molecule is CN=C(NCCCOCc1ccco1)NCC1COc2ccccc2O1. The van der Waals surface area contributed by atoms with Crippen molar-refractivity contribution >= 4 is 5.96 Å². The Morgan fingerprint density at radius 2 is 2.08 bits per heavy atom.